The molecular formula is C35H38N2O12S4. The summed E-state index contributed by atoms with van der Waals surface area (Å²) < 4.78 is 68.4. The summed E-state index contributed by atoms with van der Waals surface area (Å²) in [6.07, 6.45) is -1.67. The van der Waals surface area contributed by atoms with E-state index in [4.69, 9.17) is 14.3 Å². The summed E-state index contributed by atoms with van der Waals surface area (Å²) in [5.74, 6) is -1.63. The number of amides is 2. The van der Waals surface area contributed by atoms with Crippen LogP contribution in [0.2, 0.25) is 0 Å². The van der Waals surface area contributed by atoms with Crippen LogP contribution >= 0.6 is 22.7 Å². The van der Waals surface area contributed by atoms with Gasteiger partial charge in [-0.2, -0.15) is 0 Å². The number of sulfone groups is 2. The SMILES string of the molecule is COC(=O)c1ccc(S(=O)(=O)c2ccc(CN(OC(=O)c3ccc(S(=O)(=O)c4ccc(CNC(=O)OC(C)(C)C)s4)cc3)C(=O)OC(C)(C)C)s2)cc1. The molecule has 14 nitrogen and oxygen atoms in total. The Kier molecular flexibility index (Phi) is 12.4. The molecule has 2 aromatic heterocycles. The summed E-state index contributed by atoms with van der Waals surface area (Å²) in [7, 11) is -6.80. The third-order valence-corrected chi connectivity index (χ3v) is 13.4. The first-order valence-corrected chi connectivity index (χ1v) is 20.3. The molecule has 0 atom stereocenters. The van der Waals surface area contributed by atoms with Crippen molar-refractivity contribution in [3.05, 3.63) is 93.7 Å². The number of rotatable bonds is 10. The predicted octanol–water partition coefficient (Wildman–Crippen LogP) is 6.80. The summed E-state index contributed by atoms with van der Waals surface area (Å²) in [6.45, 7) is 9.68. The molecule has 0 saturated heterocycles. The highest BCUT2D eigenvalue weighted by Crippen LogP contribution is 2.31. The number of carbonyl (C=O) groups is 4. The number of nitrogens with zero attached hydrogens (tertiary/aromatic N) is 1. The minimum absolute atomic E-state index is 0.0143. The maximum absolute atomic E-state index is 13.3. The molecule has 2 heterocycles. The number of carbonyl (C=O) groups excluding carboxylic acids is 4. The quantitative estimate of drug-likeness (QED) is 0.100. The molecule has 0 bridgehead atoms. The van der Waals surface area contributed by atoms with Crippen molar-refractivity contribution < 1.29 is 55.1 Å². The van der Waals surface area contributed by atoms with Crippen molar-refractivity contribution in [2.75, 3.05) is 7.11 Å². The lowest BCUT2D eigenvalue weighted by Crippen LogP contribution is -2.37. The van der Waals surface area contributed by atoms with E-state index >= 15 is 0 Å². The van der Waals surface area contributed by atoms with Crippen LogP contribution in [0, 0.1) is 0 Å². The van der Waals surface area contributed by atoms with Gasteiger partial charge in [-0.15, -0.1) is 27.7 Å². The number of hydrogen-bond acceptors (Lipinski definition) is 14. The maximum atomic E-state index is 13.3. The van der Waals surface area contributed by atoms with E-state index in [1.54, 1.807) is 47.6 Å². The van der Waals surface area contributed by atoms with Crippen molar-refractivity contribution in [3.8, 4) is 0 Å². The molecule has 4 rings (SSSR count). The number of hydroxylamine groups is 2. The number of hydrogen-bond donors (Lipinski definition) is 1. The molecule has 0 aliphatic heterocycles. The number of benzene rings is 2. The van der Waals surface area contributed by atoms with E-state index in [1.807, 2.05) is 0 Å². The minimum Gasteiger partial charge on any atom is -0.465 e. The van der Waals surface area contributed by atoms with Crippen LogP contribution in [0.3, 0.4) is 0 Å². The Balaban J connectivity index is 1.48. The molecule has 0 spiro atoms. The van der Waals surface area contributed by atoms with Gasteiger partial charge in [0.1, 0.15) is 19.6 Å². The molecule has 2 aromatic carbocycles. The summed E-state index contributed by atoms with van der Waals surface area (Å²) in [5, 5.41) is 3.22. The Bertz CT molecular complexity index is 2190. The van der Waals surface area contributed by atoms with Gasteiger partial charge in [0, 0.05) is 9.75 Å². The number of methoxy groups -OCH3 is 1. The van der Waals surface area contributed by atoms with Crippen LogP contribution in [-0.2, 0) is 51.8 Å². The second kappa shape index (κ2) is 16.1. The lowest BCUT2D eigenvalue weighted by atomic mass is 10.2. The number of thiophene rings is 2. The van der Waals surface area contributed by atoms with Gasteiger partial charge in [0.15, 0.2) is 0 Å². The summed E-state index contributed by atoms with van der Waals surface area (Å²) >= 11 is 1.80. The van der Waals surface area contributed by atoms with Gasteiger partial charge in [0.2, 0.25) is 19.7 Å². The van der Waals surface area contributed by atoms with Crippen molar-refractivity contribution in [1.29, 1.82) is 0 Å². The van der Waals surface area contributed by atoms with Gasteiger partial charge >= 0.3 is 24.1 Å². The van der Waals surface area contributed by atoms with Gasteiger partial charge in [0.25, 0.3) is 0 Å². The van der Waals surface area contributed by atoms with Gasteiger partial charge in [-0.1, -0.05) is 0 Å². The Labute approximate surface area is 315 Å². The van der Waals surface area contributed by atoms with Gasteiger partial charge in [-0.3, -0.25) is 0 Å². The zero-order valence-corrected chi connectivity index (χ0v) is 33.1. The van der Waals surface area contributed by atoms with Crippen molar-refractivity contribution in [3.63, 3.8) is 0 Å². The zero-order chi connectivity index (χ0) is 39.4. The molecule has 0 aliphatic rings. The van der Waals surface area contributed by atoms with Crippen LogP contribution in [0.25, 0.3) is 0 Å². The van der Waals surface area contributed by atoms with Crippen molar-refractivity contribution in [2.24, 2.45) is 0 Å². The first-order chi connectivity index (χ1) is 24.6. The Morgan fingerprint density at radius 3 is 1.57 bits per heavy atom. The molecule has 1 N–H and O–H groups in total. The fourth-order valence-corrected chi connectivity index (χ4v) is 9.72. The van der Waals surface area contributed by atoms with Crippen LogP contribution in [0.4, 0.5) is 9.59 Å². The van der Waals surface area contributed by atoms with E-state index in [0.717, 1.165) is 22.7 Å². The largest absolute Gasteiger partial charge is 0.465 e. The van der Waals surface area contributed by atoms with Gasteiger partial charge < -0.3 is 24.4 Å². The average molecular weight is 807 g/mol. The molecule has 0 fully saturated rings. The van der Waals surface area contributed by atoms with E-state index in [-0.39, 0.29) is 42.4 Å². The van der Waals surface area contributed by atoms with Crippen molar-refractivity contribution >= 4 is 66.5 Å². The second-order valence-corrected chi connectivity index (χ2v) is 19.9. The van der Waals surface area contributed by atoms with Crippen molar-refractivity contribution in [2.45, 2.75) is 84.0 Å². The summed E-state index contributed by atoms with van der Waals surface area (Å²) in [4.78, 5) is 56.2. The van der Waals surface area contributed by atoms with Gasteiger partial charge in [0.05, 0.1) is 41.1 Å². The van der Waals surface area contributed by atoms with E-state index in [2.05, 4.69) is 10.1 Å². The highest BCUT2D eigenvalue weighted by Gasteiger charge is 2.29. The fourth-order valence-electron chi connectivity index (χ4n) is 4.29. The van der Waals surface area contributed by atoms with Crippen LogP contribution in [0.15, 0.2) is 91.0 Å². The van der Waals surface area contributed by atoms with Gasteiger partial charge in [-0.25, -0.2) is 36.0 Å². The predicted molar refractivity (Wildman–Crippen MR) is 194 cm³/mol. The number of alkyl carbamates (subject to hydrolysis) is 1. The lowest BCUT2D eigenvalue weighted by molar-refractivity contribution is -0.113. The lowest BCUT2D eigenvalue weighted by Gasteiger charge is -2.25. The number of nitrogens with one attached hydrogen (secondary N) is 1. The number of ether oxygens (including phenoxy) is 3. The summed E-state index contributed by atoms with van der Waals surface area (Å²) in [5.41, 5.74) is -1.58. The highest BCUT2D eigenvalue weighted by atomic mass is 32.2. The van der Waals surface area contributed by atoms with E-state index in [0.29, 0.717) is 14.8 Å². The van der Waals surface area contributed by atoms with Crippen LogP contribution < -0.4 is 5.32 Å². The second-order valence-electron chi connectivity index (χ2n) is 13.2. The molecule has 4 aromatic rings. The molecule has 0 aliphatic carbocycles. The first kappa shape index (κ1) is 41.0. The molecule has 0 unspecified atom stereocenters. The normalized spacial score (nSPS) is 12.1. The highest BCUT2D eigenvalue weighted by molar-refractivity contribution is 7.93. The molecule has 0 radical (unpaired) electrons. The molecular weight excluding hydrogens is 769 g/mol. The van der Waals surface area contributed by atoms with E-state index < -0.39 is 55.0 Å². The van der Waals surface area contributed by atoms with Crippen LogP contribution in [0.5, 0.6) is 0 Å². The smallest absolute Gasteiger partial charge is 0.444 e. The third kappa shape index (κ3) is 10.9. The van der Waals surface area contributed by atoms with E-state index in [1.165, 1.54) is 73.8 Å². The standard InChI is InChI=1S/C35H38N2O12S4/c1-34(2,3)47-32(40)36-20-24-12-18-28(50-24)52(42,43)27-16-10-23(11-17-27)31(39)49-37(33(41)48-35(4,5)6)21-25-13-19-29(51-25)53(44,45)26-14-8-22(9-15-26)30(38)46-7/h8-19H,20-21H2,1-7H3,(H,36,40). The Morgan fingerprint density at radius 1 is 0.642 bits per heavy atom. The van der Waals surface area contributed by atoms with Crippen LogP contribution in [-0.4, -0.2) is 64.3 Å². The third-order valence-electron chi connectivity index (χ3n) is 6.69. The van der Waals surface area contributed by atoms with Crippen LogP contribution in [0.1, 0.15) is 72.0 Å². The van der Waals surface area contributed by atoms with Gasteiger partial charge in [-0.05, 0) is 114 Å². The number of esters is 1. The summed E-state index contributed by atoms with van der Waals surface area (Å²) in [6, 6.07) is 15.9. The first-order valence-electron chi connectivity index (χ1n) is 15.7. The van der Waals surface area contributed by atoms with E-state index in [9.17, 15) is 36.0 Å². The minimum atomic E-state index is -4.01. The topological polar surface area (TPSA) is 189 Å². The molecule has 18 heteroatoms. The molecule has 284 valence electrons. The Morgan fingerprint density at radius 2 is 1.09 bits per heavy atom. The molecule has 0 saturated carbocycles. The molecule has 53 heavy (non-hydrogen) atoms. The maximum Gasteiger partial charge on any atom is 0.444 e. The molecule has 2 amide bonds. The van der Waals surface area contributed by atoms with Crippen molar-refractivity contribution in [1.82, 2.24) is 10.4 Å². The monoisotopic (exact) mass is 806 g/mol. The zero-order valence-electron chi connectivity index (χ0n) is 29.8. The Hall–Kier alpha value is -4.78. The average Bonchev–Trinajstić information content (AvgIpc) is 3.76. The fraction of sp³-hybridized carbons (Fsp3) is 0.314.